The Bertz CT molecular complexity index is 613. The Morgan fingerprint density at radius 3 is 1.95 bits per heavy atom. The second kappa shape index (κ2) is 6.47. The molecule has 2 aromatic carbocycles. The molecule has 3 heteroatoms. The fraction of sp³-hybridized carbons (Fsp3) is 0.222. The molecule has 2 rings (SSSR count). The molecule has 2 aromatic rings. The molecule has 0 spiro atoms. The molecule has 110 valence electrons. The van der Waals surface area contributed by atoms with Crippen molar-refractivity contribution in [2.75, 3.05) is 0 Å². The minimum absolute atomic E-state index is 1.13. The lowest BCUT2D eigenvalue weighted by atomic mass is 10.2. The standard InChI is InChI=1S/C18H23BrSi2/c1-20(2,15-14-16-10-12-17(19)13-11-16)21(3,4)18-8-6-5-7-9-18/h5-15H,1-4H3/b15-14-. The van der Waals surface area contributed by atoms with Gasteiger partial charge in [0.2, 0.25) is 0 Å². The summed E-state index contributed by atoms with van der Waals surface area (Å²) in [5.74, 6) is 0. The molecule has 0 aromatic heterocycles. The van der Waals surface area contributed by atoms with Crippen molar-refractivity contribution in [1.29, 1.82) is 0 Å². The normalized spacial score (nSPS) is 12.8. The Kier molecular flexibility index (Phi) is 5.07. The Morgan fingerprint density at radius 2 is 1.38 bits per heavy atom. The second-order valence-corrected chi connectivity index (χ2v) is 22.7. The zero-order valence-electron chi connectivity index (χ0n) is 13.2. The summed E-state index contributed by atoms with van der Waals surface area (Å²) in [7, 11) is -2.85. The predicted octanol–water partition coefficient (Wildman–Crippen LogP) is 5.40. The van der Waals surface area contributed by atoms with Crippen LogP contribution in [0.1, 0.15) is 5.56 Å². The molecule has 0 unspecified atom stereocenters. The summed E-state index contributed by atoms with van der Waals surface area (Å²) in [5.41, 5.74) is 3.81. The molecule has 0 heterocycles. The van der Waals surface area contributed by atoms with E-state index in [1.165, 1.54) is 5.56 Å². The van der Waals surface area contributed by atoms with Crippen LogP contribution >= 0.6 is 15.9 Å². The van der Waals surface area contributed by atoms with E-state index in [-0.39, 0.29) is 0 Å². The van der Waals surface area contributed by atoms with Crippen molar-refractivity contribution in [1.82, 2.24) is 0 Å². The van der Waals surface area contributed by atoms with Gasteiger partial charge in [0, 0.05) is 4.47 Å². The molecule has 0 N–H and O–H groups in total. The molecular formula is C18H23BrSi2. The van der Waals surface area contributed by atoms with Crippen LogP contribution < -0.4 is 5.19 Å². The first-order valence-corrected chi connectivity index (χ1v) is 15.2. The van der Waals surface area contributed by atoms with Crippen molar-refractivity contribution in [3.8, 4) is 0 Å². The van der Waals surface area contributed by atoms with E-state index in [0.717, 1.165) is 4.47 Å². The molecular weight excluding hydrogens is 352 g/mol. The quantitative estimate of drug-likeness (QED) is 0.628. The van der Waals surface area contributed by atoms with Crippen molar-refractivity contribution >= 4 is 42.4 Å². The minimum atomic E-state index is -1.43. The lowest BCUT2D eigenvalue weighted by Crippen LogP contribution is -2.61. The Balaban J connectivity index is 2.26. The summed E-state index contributed by atoms with van der Waals surface area (Å²) in [4.78, 5) is 0. The van der Waals surface area contributed by atoms with E-state index in [0.29, 0.717) is 0 Å². The molecule has 0 amide bonds. The summed E-state index contributed by atoms with van der Waals surface area (Å²) in [6.45, 7) is 10.0. The van der Waals surface area contributed by atoms with Gasteiger partial charge in [0.05, 0.1) is 15.2 Å². The average Bonchev–Trinajstić information content (AvgIpc) is 2.47. The highest BCUT2D eigenvalue weighted by Gasteiger charge is 2.40. The van der Waals surface area contributed by atoms with Gasteiger partial charge >= 0.3 is 0 Å². The third kappa shape index (κ3) is 3.84. The van der Waals surface area contributed by atoms with Crippen LogP contribution in [0.15, 0.2) is 64.8 Å². The zero-order chi connectivity index (χ0) is 15.5. The molecule has 0 aliphatic carbocycles. The van der Waals surface area contributed by atoms with Crippen molar-refractivity contribution < 1.29 is 0 Å². The molecule has 0 saturated heterocycles. The third-order valence-electron chi connectivity index (χ3n) is 4.67. The van der Waals surface area contributed by atoms with Gasteiger partial charge in [-0.3, -0.25) is 0 Å². The zero-order valence-corrected chi connectivity index (χ0v) is 16.8. The maximum atomic E-state index is 3.49. The number of rotatable bonds is 4. The van der Waals surface area contributed by atoms with Gasteiger partial charge in [0.25, 0.3) is 0 Å². The van der Waals surface area contributed by atoms with Crippen LogP contribution in [0.25, 0.3) is 6.08 Å². The lowest BCUT2D eigenvalue weighted by Gasteiger charge is -2.36. The minimum Gasteiger partial charge on any atom is -0.0961 e. The van der Waals surface area contributed by atoms with Crippen LogP contribution in [-0.4, -0.2) is 15.2 Å². The van der Waals surface area contributed by atoms with Crippen LogP contribution in [0.3, 0.4) is 0 Å². The smallest absolute Gasteiger partial charge is 0.0784 e. The van der Waals surface area contributed by atoms with Gasteiger partial charge in [-0.1, -0.05) is 102 Å². The topological polar surface area (TPSA) is 0 Å². The number of benzene rings is 2. The monoisotopic (exact) mass is 374 g/mol. The van der Waals surface area contributed by atoms with Gasteiger partial charge in [-0.25, -0.2) is 0 Å². The predicted molar refractivity (Wildman–Crippen MR) is 104 cm³/mol. The summed E-state index contributed by atoms with van der Waals surface area (Å²) >= 11 is 3.49. The van der Waals surface area contributed by atoms with Gasteiger partial charge in [-0.05, 0) is 17.7 Å². The summed E-state index contributed by atoms with van der Waals surface area (Å²) in [6.07, 6.45) is 2.32. The van der Waals surface area contributed by atoms with E-state index in [4.69, 9.17) is 0 Å². The highest BCUT2D eigenvalue weighted by atomic mass is 79.9. The Morgan fingerprint density at radius 1 is 0.810 bits per heavy atom. The molecule has 0 fully saturated rings. The first-order valence-electron chi connectivity index (χ1n) is 7.33. The van der Waals surface area contributed by atoms with Gasteiger partial charge in [-0.15, -0.1) is 0 Å². The SMILES string of the molecule is C[Si](C)(/C=C\c1ccc(Br)cc1)[Si](C)(C)c1ccccc1. The van der Waals surface area contributed by atoms with Crippen LogP contribution in [0.5, 0.6) is 0 Å². The molecule has 0 bridgehead atoms. The summed E-state index contributed by atoms with van der Waals surface area (Å²) in [6, 6.07) is 19.6. The summed E-state index contributed by atoms with van der Waals surface area (Å²) in [5, 5.41) is 1.57. The molecule has 0 atom stereocenters. The Labute approximate surface area is 138 Å². The molecule has 0 aliphatic rings. The maximum absolute atomic E-state index is 3.49. The first-order chi connectivity index (χ1) is 9.83. The van der Waals surface area contributed by atoms with Crippen molar-refractivity contribution in [3.63, 3.8) is 0 Å². The molecule has 0 radical (unpaired) electrons. The van der Waals surface area contributed by atoms with E-state index < -0.39 is 15.2 Å². The van der Waals surface area contributed by atoms with Gasteiger partial charge < -0.3 is 0 Å². The molecule has 0 aliphatic heterocycles. The van der Waals surface area contributed by atoms with Crippen LogP contribution in [-0.2, 0) is 0 Å². The van der Waals surface area contributed by atoms with E-state index in [9.17, 15) is 0 Å². The van der Waals surface area contributed by atoms with Gasteiger partial charge in [-0.2, -0.15) is 0 Å². The van der Waals surface area contributed by atoms with Crippen LogP contribution in [0, 0.1) is 0 Å². The molecule has 0 saturated carbocycles. The summed E-state index contributed by atoms with van der Waals surface area (Å²) < 4.78 is 1.13. The number of hydrogen-bond donors (Lipinski definition) is 0. The van der Waals surface area contributed by atoms with Gasteiger partial charge in [0.15, 0.2) is 0 Å². The maximum Gasteiger partial charge on any atom is 0.0784 e. The molecule has 21 heavy (non-hydrogen) atoms. The number of halogens is 1. The largest absolute Gasteiger partial charge is 0.0961 e. The first kappa shape index (κ1) is 16.5. The van der Waals surface area contributed by atoms with Crippen LogP contribution in [0.2, 0.25) is 26.2 Å². The van der Waals surface area contributed by atoms with Crippen LogP contribution in [0.4, 0.5) is 0 Å². The highest BCUT2D eigenvalue weighted by molar-refractivity contribution is 9.10. The van der Waals surface area contributed by atoms with E-state index in [1.54, 1.807) is 5.19 Å². The third-order valence-corrected chi connectivity index (χ3v) is 22.2. The van der Waals surface area contributed by atoms with E-state index in [2.05, 4.69) is 108 Å². The molecule has 0 nitrogen and oxygen atoms in total. The van der Waals surface area contributed by atoms with Crippen molar-refractivity contribution in [2.45, 2.75) is 26.2 Å². The second-order valence-electron chi connectivity index (χ2n) is 6.60. The average molecular weight is 375 g/mol. The fourth-order valence-corrected chi connectivity index (χ4v) is 9.61. The van der Waals surface area contributed by atoms with Crippen molar-refractivity contribution in [3.05, 3.63) is 70.3 Å². The van der Waals surface area contributed by atoms with Crippen molar-refractivity contribution in [2.24, 2.45) is 0 Å². The fourth-order valence-electron chi connectivity index (χ4n) is 2.31. The lowest BCUT2D eigenvalue weighted by molar-refractivity contribution is 1.61. The number of hydrogen-bond acceptors (Lipinski definition) is 0. The highest BCUT2D eigenvalue weighted by Crippen LogP contribution is 2.22. The van der Waals surface area contributed by atoms with E-state index >= 15 is 0 Å². The Hall–Kier alpha value is -0.906. The van der Waals surface area contributed by atoms with E-state index in [1.807, 2.05) is 0 Å². The van der Waals surface area contributed by atoms with Gasteiger partial charge in [0.1, 0.15) is 0 Å².